The summed E-state index contributed by atoms with van der Waals surface area (Å²) in [4.78, 5) is 2.61. The molecule has 1 aromatic heterocycles. The van der Waals surface area contributed by atoms with Gasteiger partial charge in [-0.15, -0.1) is 0 Å². The summed E-state index contributed by atoms with van der Waals surface area (Å²) in [5, 5.41) is 10.1. The maximum absolute atomic E-state index is 2.61. The number of aromatic nitrogens is 1. The van der Waals surface area contributed by atoms with Crippen molar-refractivity contribution in [2.45, 2.75) is 10.8 Å². The van der Waals surface area contributed by atoms with E-state index in [0.29, 0.717) is 0 Å². The number of hydrogen-bond acceptors (Lipinski definition) is 1. The van der Waals surface area contributed by atoms with E-state index in [-0.39, 0.29) is 0 Å². The predicted molar refractivity (Wildman–Crippen MR) is 315 cm³/mol. The second kappa shape index (κ2) is 14.5. The Morgan fingerprint density at radius 3 is 1.37 bits per heavy atom. The van der Waals surface area contributed by atoms with Crippen LogP contribution in [-0.4, -0.2) is 4.57 Å². The fraction of sp³-hybridized carbons (Fsp3) is 0.0270. The standard InChI is InChI=1S/C74H44N2/c1-2-21-49-47(19-1)48-20-3-4-22-50(48)59-43-45(39-41-51(49)59)75(70-38-18-34-65-71(70)58-27-8-13-32-63(58)73(65)60-29-10-5-23-52(60)53-24-6-11-30-61(53)73)46-40-42-55-54-25-7-12-31-62(54)74(67(55)44-46)64-33-14-16-37-69(64)76-68-36-15-9-26-56(68)57-28-17-35-66(74)72(57)76/h1-44H. The molecule has 0 bridgehead atoms. The van der Waals surface area contributed by atoms with Gasteiger partial charge in [0.2, 0.25) is 0 Å². The number of rotatable bonds is 3. The van der Waals surface area contributed by atoms with Crippen LogP contribution in [0.5, 0.6) is 0 Å². The Bertz CT molecular complexity index is 4830. The molecule has 0 N–H and O–H groups in total. The summed E-state index contributed by atoms with van der Waals surface area (Å²) < 4.78 is 2.54. The first-order valence-corrected chi connectivity index (χ1v) is 26.7. The molecule has 1 atom stereocenters. The third-order valence-electron chi connectivity index (χ3n) is 18.2. The van der Waals surface area contributed by atoms with Crippen LogP contribution in [0.1, 0.15) is 44.5 Å². The maximum Gasteiger partial charge on any atom is 0.0755 e. The van der Waals surface area contributed by atoms with Crippen molar-refractivity contribution in [2.75, 3.05) is 4.90 Å². The first-order valence-electron chi connectivity index (χ1n) is 26.7. The highest BCUT2D eigenvalue weighted by atomic mass is 15.1. The van der Waals surface area contributed by atoms with Gasteiger partial charge in [-0.2, -0.15) is 0 Å². The molecule has 2 heterocycles. The van der Waals surface area contributed by atoms with Crippen LogP contribution in [0, 0.1) is 0 Å². The number of fused-ring (bicyclic) bond motifs is 28. The molecule has 0 saturated carbocycles. The Morgan fingerprint density at radius 1 is 0.263 bits per heavy atom. The molecule has 1 unspecified atom stereocenters. The van der Waals surface area contributed by atoms with Crippen LogP contribution in [0.3, 0.4) is 0 Å². The van der Waals surface area contributed by atoms with Crippen LogP contribution >= 0.6 is 0 Å². The number of para-hydroxylation sites is 3. The van der Waals surface area contributed by atoms with Gasteiger partial charge in [-0.05, 0) is 147 Å². The zero-order valence-corrected chi connectivity index (χ0v) is 41.3. The molecule has 350 valence electrons. The maximum atomic E-state index is 2.61. The summed E-state index contributed by atoms with van der Waals surface area (Å²) in [5.74, 6) is 0. The van der Waals surface area contributed by atoms with E-state index in [1.165, 1.54) is 138 Å². The van der Waals surface area contributed by atoms with Crippen LogP contribution in [-0.2, 0) is 10.8 Å². The van der Waals surface area contributed by atoms with E-state index in [1.807, 2.05) is 0 Å². The normalized spacial score (nSPS) is 15.5. The fourth-order valence-corrected chi connectivity index (χ4v) is 15.5. The Morgan fingerprint density at radius 2 is 0.697 bits per heavy atom. The van der Waals surface area contributed by atoms with E-state index in [4.69, 9.17) is 0 Å². The molecule has 3 aliphatic carbocycles. The Balaban J connectivity index is 0.970. The van der Waals surface area contributed by atoms with Gasteiger partial charge < -0.3 is 9.47 Å². The Hall–Kier alpha value is -9.76. The van der Waals surface area contributed by atoms with E-state index in [2.05, 4.69) is 276 Å². The molecule has 18 rings (SSSR count). The molecule has 13 aromatic carbocycles. The van der Waals surface area contributed by atoms with Crippen molar-refractivity contribution in [3.63, 3.8) is 0 Å². The molecule has 76 heavy (non-hydrogen) atoms. The fourth-order valence-electron chi connectivity index (χ4n) is 15.5. The van der Waals surface area contributed by atoms with Gasteiger partial charge >= 0.3 is 0 Å². The van der Waals surface area contributed by atoms with Gasteiger partial charge in [0.15, 0.2) is 0 Å². The third kappa shape index (κ3) is 4.76. The summed E-state index contributed by atoms with van der Waals surface area (Å²) in [6.07, 6.45) is 0. The molecule has 4 aliphatic rings. The van der Waals surface area contributed by atoms with Gasteiger partial charge in [0, 0.05) is 27.7 Å². The molecule has 14 aromatic rings. The topological polar surface area (TPSA) is 8.17 Å². The third-order valence-corrected chi connectivity index (χ3v) is 18.2. The van der Waals surface area contributed by atoms with Gasteiger partial charge in [0.1, 0.15) is 0 Å². The molecule has 2 spiro atoms. The van der Waals surface area contributed by atoms with Crippen molar-refractivity contribution in [1.82, 2.24) is 4.57 Å². The van der Waals surface area contributed by atoms with Gasteiger partial charge in [-0.3, -0.25) is 0 Å². The minimum atomic E-state index is -0.612. The Kier molecular flexibility index (Phi) is 7.77. The highest BCUT2D eigenvalue weighted by Gasteiger charge is 2.54. The number of hydrogen-bond donors (Lipinski definition) is 0. The first kappa shape index (κ1) is 40.7. The second-order valence-electron chi connectivity index (χ2n) is 21.3. The van der Waals surface area contributed by atoms with Gasteiger partial charge in [0.05, 0.1) is 33.2 Å². The first-order chi connectivity index (χ1) is 37.7. The SMILES string of the molecule is c1ccc2c(c1)-c1ccccc1C21c2ccccc2-c2c(N(c3ccc4c(c3)C3(c5ccccc5-4)c4ccccc4-n4c5ccccc5c5cccc3c54)c3ccc4c5ccccc5c5ccccc5c4c3)cccc21. The highest BCUT2D eigenvalue weighted by molar-refractivity contribution is 6.26. The van der Waals surface area contributed by atoms with Gasteiger partial charge in [-0.1, -0.05) is 224 Å². The largest absolute Gasteiger partial charge is 0.310 e. The zero-order valence-electron chi connectivity index (χ0n) is 41.3. The van der Waals surface area contributed by atoms with Crippen molar-refractivity contribution in [1.29, 1.82) is 0 Å². The lowest BCUT2D eigenvalue weighted by Gasteiger charge is -2.40. The molecular formula is C74H44N2. The summed E-state index contributed by atoms with van der Waals surface area (Å²) in [6, 6.07) is 102. The molecule has 0 saturated heterocycles. The second-order valence-corrected chi connectivity index (χ2v) is 21.3. The van der Waals surface area contributed by atoms with Crippen LogP contribution in [0.2, 0.25) is 0 Å². The van der Waals surface area contributed by atoms with E-state index < -0.39 is 10.8 Å². The van der Waals surface area contributed by atoms with Crippen LogP contribution in [0.25, 0.3) is 93.2 Å². The van der Waals surface area contributed by atoms with Crippen LogP contribution < -0.4 is 4.90 Å². The van der Waals surface area contributed by atoms with Crippen molar-refractivity contribution in [3.8, 4) is 39.1 Å². The van der Waals surface area contributed by atoms with Crippen molar-refractivity contribution >= 4 is 71.2 Å². The van der Waals surface area contributed by atoms with E-state index in [0.717, 1.165) is 17.1 Å². The van der Waals surface area contributed by atoms with Gasteiger partial charge in [-0.25, -0.2) is 0 Å². The van der Waals surface area contributed by atoms with E-state index in [9.17, 15) is 0 Å². The van der Waals surface area contributed by atoms with Crippen LogP contribution in [0.4, 0.5) is 17.1 Å². The highest BCUT2D eigenvalue weighted by Crippen LogP contribution is 2.66. The average molecular weight is 961 g/mol. The van der Waals surface area contributed by atoms with E-state index in [1.54, 1.807) is 0 Å². The smallest absolute Gasteiger partial charge is 0.0755 e. The molecule has 1 aliphatic heterocycles. The lowest BCUT2D eigenvalue weighted by molar-refractivity contribution is 0.748. The van der Waals surface area contributed by atoms with Gasteiger partial charge in [0.25, 0.3) is 0 Å². The summed E-state index contributed by atoms with van der Waals surface area (Å²) in [6.45, 7) is 0. The zero-order chi connectivity index (χ0) is 49.4. The minimum Gasteiger partial charge on any atom is -0.310 e. The summed E-state index contributed by atoms with van der Waals surface area (Å²) >= 11 is 0. The quantitative estimate of drug-likeness (QED) is 0.160. The van der Waals surface area contributed by atoms with Crippen LogP contribution in [0.15, 0.2) is 267 Å². The van der Waals surface area contributed by atoms with E-state index >= 15 is 0 Å². The predicted octanol–water partition coefficient (Wildman–Crippen LogP) is 18.7. The van der Waals surface area contributed by atoms with Crippen molar-refractivity contribution < 1.29 is 0 Å². The number of anilines is 3. The number of nitrogens with zero attached hydrogens (tertiary/aromatic N) is 2. The monoisotopic (exact) mass is 960 g/mol. The molecule has 2 nitrogen and oxygen atoms in total. The lowest BCUT2D eigenvalue weighted by Crippen LogP contribution is -2.33. The molecule has 0 fully saturated rings. The molecule has 2 heteroatoms. The number of benzene rings is 13. The molecular weight excluding hydrogens is 917 g/mol. The molecule has 0 radical (unpaired) electrons. The summed E-state index contributed by atoms with van der Waals surface area (Å²) in [5.41, 5.74) is 24.3. The van der Waals surface area contributed by atoms with Crippen molar-refractivity contribution in [2.24, 2.45) is 0 Å². The Labute approximate surface area is 439 Å². The average Bonchev–Trinajstić information content (AvgIpc) is 4.27. The van der Waals surface area contributed by atoms with Crippen molar-refractivity contribution in [3.05, 3.63) is 311 Å². The molecule has 0 amide bonds. The minimum absolute atomic E-state index is 0.494. The lowest BCUT2D eigenvalue weighted by atomic mass is 9.65. The summed E-state index contributed by atoms with van der Waals surface area (Å²) in [7, 11) is 0.